The molecular weight excluding hydrogens is 116 g/mol. The van der Waals surface area contributed by atoms with E-state index in [2.05, 4.69) is 0 Å². The molecule has 0 aromatic carbocycles. The van der Waals surface area contributed by atoms with Crippen LogP contribution in [-0.4, -0.2) is 12.9 Å². The number of carbonyl (C=O) groups is 1. The molecule has 0 heterocycles. The summed E-state index contributed by atoms with van der Waals surface area (Å²) in [5.74, 6) is 0.715. The molecule has 0 aliphatic carbocycles. The van der Waals surface area contributed by atoms with Crippen LogP contribution in [0.2, 0.25) is 0 Å². The van der Waals surface area contributed by atoms with Crippen LogP contribution in [0.4, 0.5) is 0 Å². The summed E-state index contributed by atoms with van der Waals surface area (Å²) in [6.07, 6.45) is 0.797. The van der Waals surface area contributed by atoms with Gasteiger partial charge in [0.05, 0.1) is 12.4 Å². The van der Waals surface area contributed by atoms with Gasteiger partial charge in [0.1, 0.15) is 6.29 Å². The summed E-state index contributed by atoms with van der Waals surface area (Å²) in [4.78, 5) is 10.1. The minimum Gasteiger partial charge on any atom is -0.498 e. The van der Waals surface area contributed by atoms with Gasteiger partial charge < -0.3 is 4.74 Å². The van der Waals surface area contributed by atoms with E-state index in [9.17, 15) is 4.79 Å². The Morgan fingerprint density at radius 3 is 2.44 bits per heavy atom. The van der Waals surface area contributed by atoms with Gasteiger partial charge in [-0.25, -0.2) is 0 Å². The molecule has 9 heavy (non-hydrogen) atoms. The highest BCUT2D eigenvalue weighted by Crippen LogP contribution is 2.00. The van der Waals surface area contributed by atoms with Crippen LogP contribution in [0, 0.1) is 0 Å². The molecule has 2 heteroatoms. The standard InChI is InChI=1S/C7H12O2/c1-4-9-7(3)6(2)5-8/h5H,4H2,1-3H3/b7-6+. The fourth-order valence-corrected chi connectivity index (χ4v) is 0.413. The van der Waals surface area contributed by atoms with Crippen molar-refractivity contribution in [2.75, 3.05) is 6.61 Å². The first-order valence-corrected chi connectivity index (χ1v) is 2.97. The van der Waals surface area contributed by atoms with Crippen molar-refractivity contribution in [2.45, 2.75) is 20.8 Å². The smallest absolute Gasteiger partial charge is 0.149 e. The first-order chi connectivity index (χ1) is 4.22. The van der Waals surface area contributed by atoms with E-state index in [1.54, 1.807) is 13.8 Å². The summed E-state index contributed by atoms with van der Waals surface area (Å²) in [5.41, 5.74) is 0.664. The average Bonchev–Trinajstić information content (AvgIpc) is 1.87. The molecule has 0 N–H and O–H groups in total. The summed E-state index contributed by atoms with van der Waals surface area (Å²) in [6, 6.07) is 0. The Morgan fingerprint density at radius 2 is 2.11 bits per heavy atom. The molecule has 0 saturated carbocycles. The average molecular weight is 128 g/mol. The van der Waals surface area contributed by atoms with Gasteiger partial charge in [-0.15, -0.1) is 0 Å². The topological polar surface area (TPSA) is 26.3 Å². The van der Waals surface area contributed by atoms with Crippen LogP contribution in [-0.2, 0) is 9.53 Å². The molecule has 0 aromatic heterocycles. The van der Waals surface area contributed by atoms with E-state index in [4.69, 9.17) is 4.74 Å². The third-order valence-electron chi connectivity index (χ3n) is 1.09. The van der Waals surface area contributed by atoms with Gasteiger partial charge in [0.25, 0.3) is 0 Å². The maximum atomic E-state index is 10.1. The Labute approximate surface area is 55.5 Å². The van der Waals surface area contributed by atoms with E-state index in [0.717, 1.165) is 6.29 Å². The first-order valence-electron chi connectivity index (χ1n) is 2.97. The van der Waals surface area contributed by atoms with Crippen molar-refractivity contribution in [3.8, 4) is 0 Å². The number of hydrogen-bond donors (Lipinski definition) is 0. The van der Waals surface area contributed by atoms with Crippen LogP contribution < -0.4 is 0 Å². The number of ether oxygens (including phenoxy) is 1. The van der Waals surface area contributed by atoms with Gasteiger partial charge in [-0.05, 0) is 20.8 Å². The SMILES string of the molecule is CCO/C(C)=C(\C)C=O. The van der Waals surface area contributed by atoms with E-state index in [-0.39, 0.29) is 0 Å². The molecule has 0 atom stereocenters. The molecule has 0 spiro atoms. The quantitative estimate of drug-likeness (QED) is 0.327. The van der Waals surface area contributed by atoms with E-state index < -0.39 is 0 Å². The monoisotopic (exact) mass is 128 g/mol. The summed E-state index contributed by atoms with van der Waals surface area (Å²) < 4.78 is 5.04. The van der Waals surface area contributed by atoms with Crippen molar-refractivity contribution in [3.05, 3.63) is 11.3 Å². The Kier molecular flexibility index (Phi) is 3.76. The van der Waals surface area contributed by atoms with Crippen LogP contribution >= 0.6 is 0 Å². The van der Waals surface area contributed by atoms with E-state index >= 15 is 0 Å². The fraction of sp³-hybridized carbons (Fsp3) is 0.571. The molecule has 0 aliphatic heterocycles. The highest BCUT2D eigenvalue weighted by molar-refractivity contribution is 5.72. The molecular formula is C7H12O2. The maximum Gasteiger partial charge on any atom is 0.149 e. The third-order valence-corrected chi connectivity index (χ3v) is 1.09. The van der Waals surface area contributed by atoms with E-state index in [0.29, 0.717) is 17.9 Å². The van der Waals surface area contributed by atoms with Crippen LogP contribution in [0.25, 0.3) is 0 Å². The Balaban J connectivity index is 3.93. The normalized spacial score (nSPS) is 12.3. The Morgan fingerprint density at radius 1 is 1.56 bits per heavy atom. The van der Waals surface area contributed by atoms with Gasteiger partial charge in [-0.3, -0.25) is 4.79 Å². The van der Waals surface area contributed by atoms with Crippen molar-refractivity contribution in [1.29, 1.82) is 0 Å². The molecule has 0 amide bonds. The molecule has 0 aromatic rings. The molecule has 0 fully saturated rings. The van der Waals surface area contributed by atoms with Gasteiger partial charge >= 0.3 is 0 Å². The van der Waals surface area contributed by atoms with E-state index in [1.165, 1.54) is 0 Å². The summed E-state index contributed by atoms with van der Waals surface area (Å²) in [6.45, 7) is 6.03. The summed E-state index contributed by atoms with van der Waals surface area (Å²) >= 11 is 0. The zero-order chi connectivity index (χ0) is 7.28. The zero-order valence-corrected chi connectivity index (χ0v) is 6.10. The van der Waals surface area contributed by atoms with Crippen molar-refractivity contribution < 1.29 is 9.53 Å². The second-order valence-corrected chi connectivity index (χ2v) is 1.79. The minimum absolute atomic E-state index is 0.622. The highest BCUT2D eigenvalue weighted by atomic mass is 16.5. The van der Waals surface area contributed by atoms with E-state index in [1.807, 2.05) is 6.92 Å². The predicted octanol–water partition coefficient (Wildman–Crippen LogP) is 1.52. The Bertz CT molecular complexity index is 125. The summed E-state index contributed by atoms with van der Waals surface area (Å²) in [5, 5.41) is 0. The largest absolute Gasteiger partial charge is 0.498 e. The highest BCUT2D eigenvalue weighted by Gasteiger charge is 1.92. The van der Waals surface area contributed by atoms with Crippen molar-refractivity contribution in [1.82, 2.24) is 0 Å². The van der Waals surface area contributed by atoms with Crippen LogP contribution in [0.1, 0.15) is 20.8 Å². The molecule has 0 saturated heterocycles. The number of aldehydes is 1. The second-order valence-electron chi connectivity index (χ2n) is 1.79. The molecule has 0 bridgehead atoms. The first kappa shape index (κ1) is 8.21. The summed E-state index contributed by atoms with van der Waals surface area (Å²) in [7, 11) is 0. The lowest BCUT2D eigenvalue weighted by molar-refractivity contribution is -0.105. The molecule has 0 aliphatic rings. The lowest BCUT2D eigenvalue weighted by Gasteiger charge is -2.02. The van der Waals surface area contributed by atoms with Gasteiger partial charge in [0.15, 0.2) is 0 Å². The number of carbonyl (C=O) groups excluding carboxylic acids is 1. The molecule has 2 nitrogen and oxygen atoms in total. The van der Waals surface area contributed by atoms with Crippen LogP contribution in [0.3, 0.4) is 0 Å². The Hall–Kier alpha value is -0.790. The fourth-order valence-electron chi connectivity index (χ4n) is 0.413. The number of allylic oxidation sites excluding steroid dienone is 2. The van der Waals surface area contributed by atoms with Gasteiger partial charge in [0.2, 0.25) is 0 Å². The van der Waals surface area contributed by atoms with Crippen LogP contribution in [0.5, 0.6) is 0 Å². The lowest BCUT2D eigenvalue weighted by atomic mass is 10.3. The zero-order valence-electron chi connectivity index (χ0n) is 6.10. The third kappa shape index (κ3) is 2.90. The molecule has 0 radical (unpaired) electrons. The van der Waals surface area contributed by atoms with Crippen molar-refractivity contribution in [2.24, 2.45) is 0 Å². The molecule has 0 unspecified atom stereocenters. The molecule has 52 valence electrons. The van der Waals surface area contributed by atoms with Crippen molar-refractivity contribution >= 4 is 6.29 Å². The molecule has 0 rings (SSSR count). The van der Waals surface area contributed by atoms with Gasteiger partial charge in [-0.2, -0.15) is 0 Å². The van der Waals surface area contributed by atoms with Crippen LogP contribution in [0.15, 0.2) is 11.3 Å². The van der Waals surface area contributed by atoms with Gasteiger partial charge in [0, 0.05) is 5.57 Å². The number of hydrogen-bond acceptors (Lipinski definition) is 2. The number of rotatable bonds is 3. The van der Waals surface area contributed by atoms with Crippen molar-refractivity contribution in [3.63, 3.8) is 0 Å². The maximum absolute atomic E-state index is 10.1. The lowest BCUT2D eigenvalue weighted by Crippen LogP contribution is -1.91. The second kappa shape index (κ2) is 4.13. The minimum atomic E-state index is 0.622. The van der Waals surface area contributed by atoms with Gasteiger partial charge in [-0.1, -0.05) is 0 Å². The predicted molar refractivity (Wildman–Crippen MR) is 36.1 cm³/mol.